The molecule has 0 saturated carbocycles. The predicted molar refractivity (Wildman–Crippen MR) is 73.7 cm³/mol. The highest BCUT2D eigenvalue weighted by atomic mass is 35.5. The monoisotopic (exact) mass is 280 g/mol. The maximum absolute atomic E-state index is 12.1. The van der Waals surface area contributed by atoms with Crippen LogP contribution in [0.15, 0.2) is 24.3 Å². The molecule has 1 aliphatic heterocycles. The number of nitrogens with one attached hydrogen (secondary N) is 1. The van der Waals surface area contributed by atoms with E-state index in [1.165, 1.54) is 4.90 Å². The van der Waals surface area contributed by atoms with Crippen LogP contribution >= 0.6 is 11.6 Å². The molecule has 0 spiro atoms. The van der Waals surface area contributed by atoms with Gasteiger partial charge in [0.25, 0.3) is 0 Å². The van der Waals surface area contributed by atoms with E-state index in [2.05, 4.69) is 5.32 Å². The number of benzene rings is 1. The Morgan fingerprint density at radius 2 is 1.95 bits per heavy atom. The fraction of sp³-hybridized carbons (Fsp3) is 0.429. The molecule has 19 heavy (non-hydrogen) atoms. The van der Waals surface area contributed by atoms with Crippen LogP contribution < -0.4 is 5.32 Å². The van der Waals surface area contributed by atoms with Gasteiger partial charge < -0.3 is 5.32 Å². The molecule has 0 aliphatic carbocycles. The highest BCUT2D eigenvalue weighted by Gasteiger charge is 2.39. The smallest absolute Gasteiger partial charge is 0.247 e. The molecular weight excluding hydrogens is 264 g/mol. The van der Waals surface area contributed by atoms with Gasteiger partial charge in [-0.1, -0.05) is 23.7 Å². The van der Waals surface area contributed by atoms with Gasteiger partial charge in [0.2, 0.25) is 11.8 Å². The molecule has 2 rings (SSSR count). The molecule has 1 aromatic carbocycles. The zero-order chi connectivity index (χ0) is 14.0. The van der Waals surface area contributed by atoms with Gasteiger partial charge in [-0.15, -0.1) is 0 Å². The number of likely N-dealkylation sites (tertiary alicyclic amines) is 1. The van der Waals surface area contributed by atoms with Crippen molar-refractivity contribution in [1.29, 1.82) is 0 Å². The van der Waals surface area contributed by atoms with Crippen LogP contribution in [0.25, 0.3) is 0 Å². The summed E-state index contributed by atoms with van der Waals surface area (Å²) in [6, 6.07) is 6.92. The average Bonchev–Trinajstić information content (AvgIpc) is 2.63. The lowest BCUT2D eigenvalue weighted by Crippen LogP contribution is -2.41. The molecule has 0 aromatic heterocycles. The first-order valence-electron chi connectivity index (χ1n) is 6.32. The molecule has 0 bridgehead atoms. The molecule has 0 radical (unpaired) electrons. The maximum atomic E-state index is 12.1. The van der Waals surface area contributed by atoms with Crippen molar-refractivity contribution in [3.8, 4) is 0 Å². The number of nitrogens with zero attached hydrogens (tertiary/aromatic N) is 1. The van der Waals surface area contributed by atoms with Gasteiger partial charge in [0.15, 0.2) is 0 Å². The van der Waals surface area contributed by atoms with E-state index in [0.717, 1.165) is 5.56 Å². The van der Waals surface area contributed by atoms with Crippen molar-refractivity contribution >= 4 is 23.4 Å². The summed E-state index contributed by atoms with van der Waals surface area (Å²) in [5, 5.41) is 3.81. The summed E-state index contributed by atoms with van der Waals surface area (Å²) in [6.07, 6.45) is 0.241. The number of carbonyl (C=O) groups is 2. The molecule has 1 fully saturated rings. The Morgan fingerprint density at radius 3 is 2.47 bits per heavy atom. The molecule has 1 atom stereocenters. The number of hydrogen-bond donors (Lipinski definition) is 1. The third-order valence-electron chi connectivity index (χ3n) is 3.17. The summed E-state index contributed by atoms with van der Waals surface area (Å²) >= 11 is 5.81. The summed E-state index contributed by atoms with van der Waals surface area (Å²) in [5.41, 5.74) is 1.03. The number of carbonyl (C=O) groups excluding carboxylic acids is 2. The second-order valence-corrected chi connectivity index (χ2v) is 5.40. The minimum absolute atomic E-state index is 0.0812. The van der Waals surface area contributed by atoms with Crippen molar-refractivity contribution in [2.45, 2.75) is 38.9 Å². The van der Waals surface area contributed by atoms with E-state index in [-0.39, 0.29) is 24.3 Å². The van der Waals surface area contributed by atoms with Gasteiger partial charge in [-0.25, -0.2) is 0 Å². The Kier molecular flexibility index (Phi) is 4.22. The molecule has 2 amide bonds. The Bertz CT molecular complexity index is 485. The number of hydrogen-bond acceptors (Lipinski definition) is 3. The number of amides is 2. The van der Waals surface area contributed by atoms with Gasteiger partial charge in [0.05, 0.1) is 12.5 Å². The van der Waals surface area contributed by atoms with Gasteiger partial charge in [0, 0.05) is 17.6 Å². The first kappa shape index (κ1) is 14.0. The number of rotatable bonds is 4. The van der Waals surface area contributed by atoms with Crippen LogP contribution in [0.5, 0.6) is 0 Å². The second kappa shape index (κ2) is 5.72. The van der Waals surface area contributed by atoms with Crippen LogP contribution in [0, 0.1) is 0 Å². The largest absolute Gasteiger partial charge is 0.301 e. The molecule has 1 aliphatic rings. The standard InChI is InChI=1S/C14H17ClN2O2/c1-9(2)17-13(18)7-12(14(17)19)16-8-10-3-5-11(15)6-4-10/h3-6,9,12,16H,7-8H2,1-2H3. The lowest BCUT2D eigenvalue weighted by Gasteiger charge is -2.19. The van der Waals surface area contributed by atoms with Gasteiger partial charge in [-0.2, -0.15) is 0 Å². The van der Waals surface area contributed by atoms with Crippen molar-refractivity contribution in [2.75, 3.05) is 0 Å². The van der Waals surface area contributed by atoms with E-state index >= 15 is 0 Å². The van der Waals surface area contributed by atoms with E-state index < -0.39 is 6.04 Å². The fourth-order valence-electron chi connectivity index (χ4n) is 2.20. The van der Waals surface area contributed by atoms with Crippen molar-refractivity contribution in [1.82, 2.24) is 10.2 Å². The Labute approximate surface area is 117 Å². The lowest BCUT2D eigenvalue weighted by atomic mass is 10.2. The minimum atomic E-state index is -0.412. The summed E-state index contributed by atoms with van der Waals surface area (Å²) in [5.74, 6) is -0.234. The average molecular weight is 281 g/mol. The van der Waals surface area contributed by atoms with Crippen LogP contribution in [-0.4, -0.2) is 28.8 Å². The predicted octanol–water partition coefficient (Wildman–Crippen LogP) is 1.97. The zero-order valence-electron chi connectivity index (χ0n) is 11.0. The summed E-state index contributed by atoms with van der Waals surface area (Å²) in [4.78, 5) is 25.1. The molecule has 1 heterocycles. The fourth-order valence-corrected chi connectivity index (χ4v) is 2.32. The first-order valence-corrected chi connectivity index (χ1v) is 6.70. The minimum Gasteiger partial charge on any atom is -0.301 e. The Balaban J connectivity index is 1.96. The van der Waals surface area contributed by atoms with Crippen molar-refractivity contribution in [3.05, 3.63) is 34.9 Å². The van der Waals surface area contributed by atoms with E-state index in [9.17, 15) is 9.59 Å². The first-order chi connectivity index (χ1) is 8.99. The zero-order valence-corrected chi connectivity index (χ0v) is 11.8. The Morgan fingerprint density at radius 1 is 1.32 bits per heavy atom. The second-order valence-electron chi connectivity index (χ2n) is 4.96. The van der Waals surface area contributed by atoms with Gasteiger partial charge in [-0.05, 0) is 31.5 Å². The molecule has 1 aromatic rings. The highest BCUT2D eigenvalue weighted by Crippen LogP contribution is 2.17. The molecule has 4 nitrogen and oxygen atoms in total. The van der Waals surface area contributed by atoms with E-state index in [1.54, 1.807) is 12.1 Å². The number of imide groups is 1. The van der Waals surface area contributed by atoms with Crippen LogP contribution in [-0.2, 0) is 16.1 Å². The van der Waals surface area contributed by atoms with Crippen LogP contribution in [0.4, 0.5) is 0 Å². The van der Waals surface area contributed by atoms with Gasteiger partial charge >= 0.3 is 0 Å². The summed E-state index contributed by atoms with van der Waals surface area (Å²) < 4.78 is 0. The van der Waals surface area contributed by atoms with Crippen molar-refractivity contribution < 1.29 is 9.59 Å². The highest BCUT2D eigenvalue weighted by molar-refractivity contribution is 6.30. The van der Waals surface area contributed by atoms with E-state index in [0.29, 0.717) is 11.6 Å². The van der Waals surface area contributed by atoms with Crippen LogP contribution in [0.2, 0.25) is 5.02 Å². The third-order valence-corrected chi connectivity index (χ3v) is 3.42. The molecule has 5 heteroatoms. The van der Waals surface area contributed by atoms with Crippen molar-refractivity contribution in [3.63, 3.8) is 0 Å². The topological polar surface area (TPSA) is 49.4 Å². The summed E-state index contributed by atoms with van der Waals surface area (Å²) in [6.45, 7) is 4.24. The van der Waals surface area contributed by atoms with E-state index in [1.807, 2.05) is 26.0 Å². The number of halogens is 1. The maximum Gasteiger partial charge on any atom is 0.247 e. The van der Waals surface area contributed by atoms with Crippen LogP contribution in [0.3, 0.4) is 0 Å². The van der Waals surface area contributed by atoms with Crippen LogP contribution in [0.1, 0.15) is 25.8 Å². The molecule has 1 saturated heterocycles. The molecule has 1 unspecified atom stereocenters. The third kappa shape index (κ3) is 3.14. The van der Waals surface area contributed by atoms with Gasteiger partial charge in [-0.3, -0.25) is 14.5 Å². The van der Waals surface area contributed by atoms with Gasteiger partial charge in [0.1, 0.15) is 0 Å². The van der Waals surface area contributed by atoms with Crippen molar-refractivity contribution in [2.24, 2.45) is 0 Å². The quantitative estimate of drug-likeness (QED) is 0.858. The normalized spacial score (nSPS) is 19.6. The molecular formula is C14H17ClN2O2. The SMILES string of the molecule is CC(C)N1C(=O)CC(NCc2ccc(Cl)cc2)C1=O. The summed E-state index contributed by atoms with van der Waals surface area (Å²) in [7, 11) is 0. The Hall–Kier alpha value is -1.39. The lowest BCUT2D eigenvalue weighted by molar-refractivity contribution is -0.140. The molecule has 1 N–H and O–H groups in total. The molecule has 102 valence electrons. The van der Waals surface area contributed by atoms with E-state index in [4.69, 9.17) is 11.6 Å².